The first-order chi connectivity index (χ1) is 19.7. The molecule has 10 heteroatoms. The Morgan fingerprint density at radius 1 is 1.00 bits per heavy atom. The first-order valence-corrected chi connectivity index (χ1v) is 15.5. The molecule has 0 saturated carbocycles. The quantitative estimate of drug-likeness (QED) is 0.104. The molecule has 0 aromatic heterocycles. The maximum atomic E-state index is 12.9. The van der Waals surface area contributed by atoms with Crippen LogP contribution in [0.2, 0.25) is 5.04 Å². The van der Waals surface area contributed by atoms with Gasteiger partial charge in [0.25, 0.3) is 14.2 Å². The molecule has 3 aromatic rings. The van der Waals surface area contributed by atoms with Crippen LogP contribution in [0.15, 0.2) is 102 Å². The number of hydrogen-bond donors (Lipinski definition) is 1. The minimum Gasteiger partial charge on any atom is -0.405 e. The van der Waals surface area contributed by atoms with Crippen LogP contribution < -0.4 is 15.7 Å². The number of amides is 3. The summed E-state index contributed by atoms with van der Waals surface area (Å²) in [6.45, 7) is 6.70. The zero-order valence-electron chi connectivity index (χ0n) is 23.3. The fourth-order valence-corrected chi connectivity index (χ4v) is 10.3. The molecular formula is C31H33N5O4Si. The number of nitrogens with one attached hydrogen (secondary N) is 1. The monoisotopic (exact) mass is 567 g/mol. The molecule has 3 amide bonds. The molecule has 1 unspecified atom stereocenters. The van der Waals surface area contributed by atoms with Gasteiger partial charge in [-0.1, -0.05) is 117 Å². The minimum absolute atomic E-state index is 0.147. The molecule has 3 atom stereocenters. The van der Waals surface area contributed by atoms with Crippen LogP contribution in [-0.4, -0.2) is 50.1 Å². The summed E-state index contributed by atoms with van der Waals surface area (Å²) in [6, 6.07) is 28.6. The second-order valence-corrected chi connectivity index (χ2v) is 15.5. The van der Waals surface area contributed by atoms with Crippen LogP contribution in [-0.2, 0) is 14.0 Å². The summed E-state index contributed by atoms with van der Waals surface area (Å²) < 4.78 is 13.4. The van der Waals surface area contributed by atoms with Gasteiger partial charge >= 0.3 is 6.03 Å². The summed E-state index contributed by atoms with van der Waals surface area (Å²) in [5.41, 5.74) is 10.3. The van der Waals surface area contributed by atoms with Crippen molar-refractivity contribution in [3.8, 4) is 0 Å². The number of imide groups is 1. The van der Waals surface area contributed by atoms with Crippen LogP contribution in [0.1, 0.15) is 32.8 Å². The molecule has 0 aliphatic carbocycles. The van der Waals surface area contributed by atoms with Gasteiger partial charge in [-0.15, -0.1) is 0 Å². The molecule has 210 valence electrons. The molecule has 9 nitrogen and oxygen atoms in total. The molecule has 2 heterocycles. The molecule has 3 aromatic carbocycles. The smallest absolute Gasteiger partial charge is 0.331 e. The summed E-state index contributed by atoms with van der Waals surface area (Å²) in [5, 5.41) is 8.36. The van der Waals surface area contributed by atoms with Crippen LogP contribution in [0.3, 0.4) is 0 Å². The van der Waals surface area contributed by atoms with Crippen LogP contribution in [0, 0.1) is 0 Å². The van der Waals surface area contributed by atoms with Crippen LogP contribution in [0.5, 0.6) is 0 Å². The number of benzene rings is 3. The Morgan fingerprint density at radius 2 is 1.56 bits per heavy atom. The van der Waals surface area contributed by atoms with Crippen molar-refractivity contribution < 1.29 is 18.8 Å². The summed E-state index contributed by atoms with van der Waals surface area (Å²) in [7, 11) is -2.89. The Kier molecular flexibility index (Phi) is 8.10. The number of rotatable bonds is 8. The summed E-state index contributed by atoms with van der Waals surface area (Å²) >= 11 is 0. The highest BCUT2D eigenvalue weighted by Gasteiger charge is 2.52. The van der Waals surface area contributed by atoms with Crippen molar-refractivity contribution in [2.24, 2.45) is 5.11 Å². The highest BCUT2D eigenvalue weighted by molar-refractivity contribution is 6.99. The first-order valence-electron chi connectivity index (χ1n) is 13.6. The third kappa shape index (κ3) is 5.55. The third-order valence-corrected chi connectivity index (χ3v) is 12.6. The van der Waals surface area contributed by atoms with E-state index < -0.39 is 38.6 Å². The van der Waals surface area contributed by atoms with E-state index in [4.69, 9.17) is 9.16 Å². The van der Waals surface area contributed by atoms with Crippen molar-refractivity contribution in [1.82, 2.24) is 10.2 Å². The van der Waals surface area contributed by atoms with Crippen molar-refractivity contribution in [2.75, 3.05) is 6.61 Å². The van der Waals surface area contributed by atoms with Gasteiger partial charge in [-0.3, -0.25) is 15.0 Å². The van der Waals surface area contributed by atoms with E-state index >= 15 is 0 Å². The Labute approximate surface area is 240 Å². The lowest BCUT2D eigenvalue weighted by molar-refractivity contribution is -0.116. The Hall–Kier alpha value is -4.21. The average molecular weight is 568 g/mol. The Morgan fingerprint density at radius 3 is 2.10 bits per heavy atom. The average Bonchev–Trinajstić information content (AvgIpc) is 3.48. The molecule has 2 aliphatic heterocycles. The van der Waals surface area contributed by atoms with Crippen LogP contribution in [0.4, 0.5) is 4.79 Å². The van der Waals surface area contributed by atoms with E-state index in [1.54, 1.807) is 6.08 Å². The first kappa shape index (κ1) is 28.3. The van der Waals surface area contributed by atoms with Crippen LogP contribution in [0.25, 0.3) is 16.5 Å². The molecule has 2 aliphatic rings. The number of nitrogens with zero attached hydrogens (tertiary/aromatic N) is 4. The number of hydrogen-bond acceptors (Lipinski definition) is 5. The molecule has 2 fully saturated rings. The molecule has 41 heavy (non-hydrogen) atoms. The molecular weight excluding hydrogens is 534 g/mol. The maximum Gasteiger partial charge on any atom is 0.331 e. The second-order valence-electron chi connectivity index (χ2n) is 11.2. The zero-order valence-corrected chi connectivity index (χ0v) is 24.3. The SMILES string of the molecule is CC(C)(C)[Si](OC[C@H]1OC(N2C(=O)NC(=O)/C2=C\c2ccccc2)C[C@@H]1N=[N+]=[N-])(c1ccccc1)c1ccccc1. The number of carbonyl (C=O) groups is 2. The summed E-state index contributed by atoms with van der Waals surface area (Å²) in [5.74, 6) is -0.505. The third-order valence-electron chi connectivity index (χ3n) is 7.61. The fraction of sp³-hybridized carbons (Fsp3) is 0.290. The summed E-state index contributed by atoms with van der Waals surface area (Å²) in [6.07, 6.45) is 0.447. The fourth-order valence-electron chi connectivity index (χ4n) is 5.75. The molecule has 0 radical (unpaired) electrons. The Balaban J connectivity index is 1.47. The van der Waals surface area contributed by atoms with Gasteiger partial charge < -0.3 is 9.16 Å². The van der Waals surface area contributed by atoms with E-state index in [1.165, 1.54) is 4.90 Å². The number of azide groups is 1. The standard InChI is InChI=1S/C31H33N5O4Si/c1-31(2,3)41(23-15-9-5-10-16-23,24-17-11-6-12-18-24)39-21-27-25(34-35-32)20-28(40-27)36-26(29(37)33-30(36)38)19-22-13-7-4-8-14-22/h4-19,25,27-28H,20-21H2,1-3H3,(H,33,37,38)/b26-19+/t25-,27+,28?/m0/s1. The van der Waals surface area contributed by atoms with Crippen molar-refractivity contribution in [2.45, 2.75) is 50.6 Å². The lowest BCUT2D eigenvalue weighted by atomic mass is 10.1. The highest BCUT2D eigenvalue weighted by Crippen LogP contribution is 2.38. The lowest BCUT2D eigenvalue weighted by Gasteiger charge is -2.43. The van der Waals surface area contributed by atoms with Gasteiger partial charge in [0, 0.05) is 11.3 Å². The van der Waals surface area contributed by atoms with E-state index in [0.29, 0.717) is 0 Å². The normalized spacial score (nSPS) is 22.1. The molecule has 0 spiro atoms. The van der Waals surface area contributed by atoms with Crippen molar-refractivity contribution in [3.05, 3.63) is 113 Å². The van der Waals surface area contributed by atoms with Crippen molar-refractivity contribution in [1.29, 1.82) is 0 Å². The van der Waals surface area contributed by atoms with E-state index in [0.717, 1.165) is 15.9 Å². The molecule has 0 bridgehead atoms. The highest BCUT2D eigenvalue weighted by atomic mass is 28.4. The van der Waals surface area contributed by atoms with E-state index in [-0.39, 0.29) is 23.8 Å². The zero-order chi connectivity index (χ0) is 29.0. The minimum atomic E-state index is -2.89. The second kappa shape index (κ2) is 11.7. The van der Waals surface area contributed by atoms with E-state index in [9.17, 15) is 15.1 Å². The number of ether oxygens (including phenoxy) is 1. The van der Waals surface area contributed by atoms with E-state index in [1.807, 2.05) is 66.7 Å². The van der Waals surface area contributed by atoms with Crippen LogP contribution >= 0.6 is 0 Å². The van der Waals surface area contributed by atoms with Gasteiger partial charge in [-0.2, -0.15) is 0 Å². The maximum absolute atomic E-state index is 12.9. The van der Waals surface area contributed by atoms with Crippen molar-refractivity contribution >= 4 is 36.7 Å². The van der Waals surface area contributed by atoms with Gasteiger partial charge in [0.15, 0.2) is 0 Å². The lowest BCUT2D eigenvalue weighted by Crippen LogP contribution is -2.67. The molecule has 1 N–H and O–H groups in total. The number of urea groups is 1. The molecule has 2 saturated heterocycles. The van der Waals surface area contributed by atoms with E-state index in [2.05, 4.69) is 60.4 Å². The summed E-state index contributed by atoms with van der Waals surface area (Å²) in [4.78, 5) is 30.0. The van der Waals surface area contributed by atoms with Gasteiger partial charge in [-0.25, -0.2) is 4.79 Å². The molecule has 5 rings (SSSR count). The van der Waals surface area contributed by atoms with Crippen molar-refractivity contribution in [3.63, 3.8) is 0 Å². The van der Waals surface area contributed by atoms with Gasteiger partial charge in [0.05, 0.1) is 18.8 Å². The van der Waals surface area contributed by atoms with Gasteiger partial charge in [0.1, 0.15) is 11.9 Å². The Bertz CT molecular complexity index is 1430. The van der Waals surface area contributed by atoms with Gasteiger partial charge in [-0.05, 0) is 32.6 Å². The predicted molar refractivity (Wildman–Crippen MR) is 160 cm³/mol. The van der Waals surface area contributed by atoms with Gasteiger partial charge in [0.2, 0.25) is 0 Å². The number of carbonyl (C=O) groups excluding carboxylic acids is 2. The topological polar surface area (TPSA) is 117 Å². The predicted octanol–water partition coefficient (Wildman–Crippen LogP) is 4.95. The largest absolute Gasteiger partial charge is 0.405 e.